The van der Waals surface area contributed by atoms with Crippen molar-refractivity contribution < 1.29 is 71.7 Å². The van der Waals surface area contributed by atoms with Crippen molar-refractivity contribution in [3.8, 4) is 0 Å². The van der Waals surface area contributed by atoms with E-state index in [4.69, 9.17) is 0 Å². The minimum atomic E-state index is -6.66. The summed E-state index contributed by atoms with van der Waals surface area (Å²) in [6.07, 6.45) is -26.7. The topological polar surface area (TPSA) is 52.6 Å². The van der Waals surface area contributed by atoms with E-state index < -0.39 is 76.2 Å². The van der Waals surface area contributed by atoms with Crippen molar-refractivity contribution in [2.45, 2.75) is 49.8 Å². The van der Waals surface area contributed by atoms with Gasteiger partial charge in [-0.05, 0) is 19.9 Å². The number of hydrogen-bond donors (Lipinski definition) is 0. The quantitative estimate of drug-likeness (QED) is 0.230. The van der Waals surface area contributed by atoms with Gasteiger partial charge in [0.1, 0.15) is 0 Å². The van der Waals surface area contributed by atoms with Crippen molar-refractivity contribution in [1.82, 2.24) is 0 Å². The SMILES string of the molecule is C=C(C)C(=O)OC(c1cccc(C(OC(=O)C(=C)C)(C(F)(F)F)C(F)(F)F)c1)(C(F)(F)F)C(F)(F)F. The summed E-state index contributed by atoms with van der Waals surface area (Å²) in [4.78, 5) is 23.4. The van der Waals surface area contributed by atoms with Gasteiger partial charge in [0.05, 0.1) is 0 Å². The molecule has 0 N–H and O–H groups in total. The molecule has 0 aliphatic heterocycles. The summed E-state index contributed by atoms with van der Waals surface area (Å²) in [5, 5.41) is 0. The van der Waals surface area contributed by atoms with Crippen LogP contribution in [0.15, 0.2) is 48.6 Å². The Balaban J connectivity index is 4.22. The van der Waals surface area contributed by atoms with Gasteiger partial charge in [0.25, 0.3) is 0 Å². The van der Waals surface area contributed by atoms with Crippen LogP contribution in [-0.4, -0.2) is 36.6 Å². The molecule has 0 amide bonds. The number of hydrogen-bond acceptors (Lipinski definition) is 4. The molecule has 4 nitrogen and oxygen atoms in total. The Morgan fingerprint density at radius 2 is 0.861 bits per heavy atom. The third-order valence-corrected chi connectivity index (χ3v) is 4.46. The molecule has 0 heterocycles. The molecular formula is C20H14F12O4. The fourth-order valence-corrected chi connectivity index (χ4v) is 2.73. The van der Waals surface area contributed by atoms with Crippen LogP contribution in [0.1, 0.15) is 25.0 Å². The van der Waals surface area contributed by atoms with E-state index in [1.807, 2.05) is 0 Å². The second-order valence-electron chi connectivity index (χ2n) is 7.27. The van der Waals surface area contributed by atoms with Crippen LogP contribution in [0.5, 0.6) is 0 Å². The van der Waals surface area contributed by atoms with E-state index in [2.05, 4.69) is 22.6 Å². The zero-order chi connectivity index (χ0) is 28.7. The fourth-order valence-electron chi connectivity index (χ4n) is 2.73. The smallest absolute Gasteiger partial charge is 0.431 e. The Kier molecular flexibility index (Phi) is 8.01. The zero-order valence-electron chi connectivity index (χ0n) is 17.9. The highest BCUT2D eigenvalue weighted by Crippen LogP contribution is 2.57. The molecule has 0 saturated heterocycles. The van der Waals surface area contributed by atoms with Crippen LogP contribution in [0, 0.1) is 0 Å². The third kappa shape index (κ3) is 5.16. The summed E-state index contributed by atoms with van der Waals surface area (Å²) in [6, 6.07) is -1.20. The fraction of sp³-hybridized carbons (Fsp3) is 0.400. The molecule has 1 aromatic carbocycles. The number of esters is 2. The minimum absolute atomic E-state index is 0.0354. The van der Waals surface area contributed by atoms with E-state index in [-0.39, 0.29) is 18.2 Å². The second-order valence-corrected chi connectivity index (χ2v) is 7.27. The highest BCUT2D eigenvalue weighted by molar-refractivity contribution is 5.88. The lowest BCUT2D eigenvalue weighted by Gasteiger charge is -2.39. The Hall–Kier alpha value is -3.20. The van der Waals surface area contributed by atoms with Crippen molar-refractivity contribution in [3.05, 3.63) is 59.7 Å². The predicted molar refractivity (Wildman–Crippen MR) is 95.8 cm³/mol. The van der Waals surface area contributed by atoms with E-state index in [1.165, 1.54) is 0 Å². The van der Waals surface area contributed by atoms with Gasteiger partial charge in [-0.1, -0.05) is 31.4 Å². The van der Waals surface area contributed by atoms with E-state index >= 15 is 0 Å². The molecule has 16 heteroatoms. The average Bonchev–Trinajstić information content (AvgIpc) is 2.65. The van der Waals surface area contributed by atoms with E-state index in [0.29, 0.717) is 13.8 Å². The Morgan fingerprint density at radius 3 is 1.06 bits per heavy atom. The van der Waals surface area contributed by atoms with E-state index in [1.54, 1.807) is 0 Å². The lowest BCUT2D eigenvalue weighted by atomic mass is 9.85. The first kappa shape index (κ1) is 30.8. The van der Waals surface area contributed by atoms with E-state index in [9.17, 15) is 62.3 Å². The molecule has 0 atom stereocenters. The van der Waals surface area contributed by atoms with Gasteiger partial charge in [0, 0.05) is 22.3 Å². The van der Waals surface area contributed by atoms with Crippen LogP contribution in [0.2, 0.25) is 0 Å². The Bertz CT molecular complexity index is 937. The summed E-state index contributed by atoms with van der Waals surface area (Å²) in [7, 11) is 0. The molecule has 0 fully saturated rings. The summed E-state index contributed by atoms with van der Waals surface area (Å²) >= 11 is 0. The molecule has 0 saturated carbocycles. The maximum atomic E-state index is 13.8. The molecule has 1 rings (SSSR count). The summed E-state index contributed by atoms with van der Waals surface area (Å²) in [5.41, 5.74) is -18.3. The maximum absolute atomic E-state index is 13.8. The summed E-state index contributed by atoms with van der Waals surface area (Å²) in [6.45, 7) is 6.85. The van der Waals surface area contributed by atoms with Crippen molar-refractivity contribution in [1.29, 1.82) is 0 Å². The van der Waals surface area contributed by atoms with E-state index in [0.717, 1.165) is 0 Å². The van der Waals surface area contributed by atoms with Crippen LogP contribution < -0.4 is 0 Å². The second kappa shape index (κ2) is 9.35. The van der Waals surface area contributed by atoms with Gasteiger partial charge in [0.15, 0.2) is 0 Å². The first-order valence-corrected chi connectivity index (χ1v) is 9.02. The van der Waals surface area contributed by atoms with Gasteiger partial charge in [-0.2, -0.15) is 52.7 Å². The first-order valence-electron chi connectivity index (χ1n) is 9.02. The number of benzene rings is 1. The number of ether oxygens (including phenoxy) is 2. The van der Waals surface area contributed by atoms with Crippen molar-refractivity contribution in [2.24, 2.45) is 0 Å². The largest absolute Gasteiger partial charge is 0.442 e. The van der Waals surface area contributed by atoms with Crippen LogP contribution in [0.3, 0.4) is 0 Å². The Morgan fingerprint density at radius 1 is 0.611 bits per heavy atom. The van der Waals surface area contributed by atoms with Crippen LogP contribution in [0.25, 0.3) is 0 Å². The molecule has 0 spiro atoms. The number of rotatable bonds is 6. The van der Waals surface area contributed by atoms with Crippen molar-refractivity contribution in [2.75, 3.05) is 0 Å². The molecule has 1 aromatic rings. The highest BCUT2D eigenvalue weighted by atomic mass is 19.4. The number of carbonyl (C=O) groups is 2. The molecular weight excluding hydrogens is 532 g/mol. The van der Waals surface area contributed by atoms with Gasteiger partial charge in [-0.3, -0.25) is 0 Å². The van der Waals surface area contributed by atoms with Crippen LogP contribution in [0.4, 0.5) is 52.7 Å². The average molecular weight is 546 g/mol. The minimum Gasteiger partial charge on any atom is -0.431 e. The normalized spacial score (nSPS) is 13.7. The Labute approximate surface area is 194 Å². The zero-order valence-corrected chi connectivity index (χ0v) is 17.9. The lowest BCUT2D eigenvalue weighted by Crippen LogP contribution is -2.58. The van der Waals surface area contributed by atoms with Crippen molar-refractivity contribution in [3.63, 3.8) is 0 Å². The number of alkyl halides is 12. The van der Waals surface area contributed by atoms with Gasteiger partial charge in [-0.15, -0.1) is 0 Å². The van der Waals surface area contributed by atoms with Gasteiger partial charge in [0.2, 0.25) is 0 Å². The lowest BCUT2D eigenvalue weighted by molar-refractivity contribution is -0.379. The van der Waals surface area contributed by atoms with Crippen LogP contribution >= 0.6 is 0 Å². The maximum Gasteiger partial charge on any atom is 0.442 e. The van der Waals surface area contributed by atoms with Crippen molar-refractivity contribution >= 4 is 11.9 Å². The molecule has 0 aromatic heterocycles. The molecule has 0 unspecified atom stereocenters. The predicted octanol–water partition coefficient (Wildman–Crippen LogP) is 6.57. The first-order chi connectivity index (χ1) is 15.9. The molecule has 202 valence electrons. The summed E-state index contributed by atoms with van der Waals surface area (Å²) in [5.74, 6) is -4.64. The van der Waals surface area contributed by atoms with Gasteiger partial charge >= 0.3 is 47.8 Å². The standard InChI is InChI=1S/C20H14F12O4/c1-9(2)13(33)35-15(17(21,22)23,18(24,25)26)11-6-5-7-12(8-11)16(19(27,28)29,20(30,31)32)36-14(34)10(3)4/h5-8H,1,3H2,2,4H3. The molecule has 0 aliphatic rings. The monoisotopic (exact) mass is 546 g/mol. The molecule has 0 bridgehead atoms. The third-order valence-electron chi connectivity index (χ3n) is 4.46. The van der Waals surface area contributed by atoms with Gasteiger partial charge < -0.3 is 9.47 Å². The molecule has 0 aliphatic carbocycles. The summed E-state index contributed by atoms with van der Waals surface area (Å²) < 4.78 is 173. The van der Waals surface area contributed by atoms with Gasteiger partial charge in [-0.25, -0.2) is 9.59 Å². The van der Waals surface area contributed by atoms with Crippen LogP contribution in [-0.2, 0) is 30.3 Å². The molecule has 36 heavy (non-hydrogen) atoms. The number of carbonyl (C=O) groups excluding carboxylic acids is 2. The highest BCUT2D eigenvalue weighted by Gasteiger charge is 2.78. The molecule has 0 radical (unpaired) electrons. The number of halogens is 12.